The molecule has 33 heavy (non-hydrogen) atoms. The van der Waals surface area contributed by atoms with Gasteiger partial charge in [-0.3, -0.25) is 0 Å². The first-order valence-corrected chi connectivity index (χ1v) is 10.4. The second-order valence-corrected chi connectivity index (χ2v) is 7.09. The van der Waals surface area contributed by atoms with E-state index in [9.17, 15) is 9.18 Å². The molecule has 1 aliphatic heterocycles. The number of cyclic esters (lactones) is 1. The quantitative estimate of drug-likeness (QED) is 0.353. The lowest BCUT2D eigenvalue weighted by atomic mass is 10.1. The Labute approximate surface area is 190 Å². The molecule has 0 saturated heterocycles. The highest BCUT2D eigenvalue weighted by Gasteiger charge is 2.24. The molecule has 0 unspecified atom stereocenters. The van der Waals surface area contributed by atoms with E-state index in [0.717, 1.165) is 0 Å². The highest BCUT2D eigenvalue weighted by molar-refractivity contribution is 6.13. The van der Waals surface area contributed by atoms with Crippen molar-refractivity contribution in [2.45, 2.75) is 13.5 Å². The van der Waals surface area contributed by atoms with Crippen molar-refractivity contribution in [3.63, 3.8) is 0 Å². The Morgan fingerprint density at radius 1 is 1.00 bits per heavy atom. The number of hydrogen-bond donors (Lipinski definition) is 0. The Morgan fingerprint density at radius 2 is 1.85 bits per heavy atom. The smallest absolute Gasteiger partial charge is 0.363 e. The van der Waals surface area contributed by atoms with Gasteiger partial charge in [0.2, 0.25) is 5.90 Å². The number of benzene rings is 3. The van der Waals surface area contributed by atoms with Crippen LogP contribution in [-0.4, -0.2) is 25.6 Å². The zero-order valence-electron chi connectivity index (χ0n) is 18.2. The lowest BCUT2D eigenvalue weighted by Gasteiger charge is -2.13. The number of carbonyl (C=O) groups is 1. The number of methoxy groups -OCH3 is 1. The number of nitrogens with zero attached hydrogens (tertiary/aromatic N) is 1. The highest BCUT2D eigenvalue weighted by atomic mass is 19.1. The first kappa shape index (κ1) is 22.1. The third-order valence-electron chi connectivity index (χ3n) is 4.85. The van der Waals surface area contributed by atoms with Gasteiger partial charge < -0.3 is 18.9 Å². The molecule has 0 bridgehead atoms. The van der Waals surface area contributed by atoms with Gasteiger partial charge in [0.05, 0.1) is 13.7 Å². The lowest BCUT2D eigenvalue weighted by molar-refractivity contribution is -0.129. The fraction of sp³-hybridized carbons (Fsp3) is 0.154. The largest absolute Gasteiger partial charge is 0.497 e. The maximum atomic E-state index is 13.9. The van der Waals surface area contributed by atoms with Gasteiger partial charge >= 0.3 is 5.97 Å². The van der Waals surface area contributed by atoms with Crippen LogP contribution in [0, 0.1) is 5.82 Å². The molecule has 4 rings (SSSR count). The number of carbonyl (C=O) groups excluding carboxylic acids is 1. The minimum absolute atomic E-state index is 0.0632. The Morgan fingerprint density at radius 3 is 2.64 bits per heavy atom. The van der Waals surface area contributed by atoms with Gasteiger partial charge in [-0.15, -0.1) is 0 Å². The van der Waals surface area contributed by atoms with Gasteiger partial charge in [0.1, 0.15) is 18.2 Å². The van der Waals surface area contributed by atoms with E-state index in [1.54, 1.807) is 73.8 Å². The summed E-state index contributed by atoms with van der Waals surface area (Å²) in [7, 11) is 1.56. The van der Waals surface area contributed by atoms with Gasteiger partial charge in [0.25, 0.3) is 0 Å². The van der Waals surface area contributed by atoms with E-state index in [4.69, 9.17) is 18.9 Å². The third kappa shape index (κ3) is 5.20. The number of hydrogen-bond acceptors (Lipinski definition) is 6. The minimum atomic E-state index is -0.550. The van der Waals surface area contributed by atoms with Gasteiger partial charge in [0, 0.05) is 11.1 Å². The summed E-state index contributed by atoms with van der Waals surface area (Å²) in [5.74, 6) is 0.909. The van der Waals surface area contributed by atoms with Crippen molar-refractivity contribution in [3.8, 4) is 17.2 Å². The molecular weight excluding hydrogens is 425 g/mol. The van der Waals surface area contributed by atoms with Gasteiger partial charge in [-0.25, -0.2) is 14.2 Å². The molecule has 0 spiro atoms. The van der Waals surface area contributed by atoms with Crippen LogP contribution in [0.25, 0.3) is 6.08 Å². The van der Waals surface area contributed by atoms with E-state index < -0.39 is 5.97 Å². The zero-order valence-corrected chi connectivity index (χ0v) is 18.2. The molecule has 0 N–H and O–H groups in total. The van der Waals surface area contributed by atoms with Crippen molar-refractivity contribution >= 4 is 17.9 Å². The first-order chi connectivity index (χ1) is 16.1. The maximum Gasteiger partial charge on any atom is 0.363 e. The average molecular weight is 447 g/mol. The van der Waals surface area contributed by atoms with Gasteiger partial charge in [0.15, 0.2) is 17.2 Å². The molecule has 0 saturated carbocycles. The van der Waals surface area contributed by atoms with Crippen LogP contribution in [0.2, 0.25) is 0 Å². The predicted octanol–water partition coefficient (Wildman–Crippen LogP) is 5.16. The molecule has 0 fully saturated rings. The minimum Gasteiger partial charge on any atom is -0.497 e. The molecule has 1 aliphatic rings. The van der Waals surface area contributed by atoms with E-state index in [1.165, 1.54) is 6.07 Å². The molecule has 0 aromatic heterocycles. The molecule has 7 heteroatoms. The number of halogens is 1. The van der Waals surface area contributed by atoms with E-state index in [1.807, 2.05) is 6.92 Å². The molecule has 3 aromatic carbocycles. The summed E-state index contributed by atoms with van der Waals surface area (Å²) < 4.78 is 35.9. The fourth-order valence-electron chi connectivity index (χ4n) is 3.22. The molecule has 6 nitrogen and oxygen atoms in total. The third-order valence-corrected chi connectivity index (χ3v) is 4.85. The molecular formula is C26H22FNO5. The topological polar surface area (TPSA) is 66.3 Å². The first-order valence-electron chi connectivity index (χ1n) is 10.4. The standard InChI is InChI=1S/C26H22FNO5/c1-3-31-24-14-17(11-12-23(24)32-16-19-7-4-5-10-21(19)27)13-22-26(29)33-25(28-22)18-8-6-9-20(15-18)30-2/h4-15H,3,16H2,1-2H3/b22-13+. The number of esters is 1. The zero-order chi connectivity index (χ0) is 23.2. The SMILES string of the molecule is CCOc1cc(/C=C2/N=C(c3cccc(OC)c3)OC2=O)ccc1OCc1ccccc1F. The Bertz CT molecular complexity index is 1230. The molecule has 3 aromatic rings. The molecule has 168 valence electrons. The second kappa shape index (κ2) is 9.99. The molecule has 0 atom stereocenters. The van der Waals surface area contributed by atoms with Crippen molar-refractivity contribution < 1.29 is 28.1 Å². The Balaban J connectivity index is 1.57. The fourth-order valence-corrected chi connectivity index (χ4v) is 3.22. The van der Waals surface area contributed by atoms with Crippen LogP contribution < -0.4 is 14.2 Å². The normalized spacial score (nSPS) is 14.1. The van der Waals surface area contributed by atoms with Crippen LogP contribution >= 0.6 is 0 Å². The van der Waals surface area contributed by atoms with Crippen molar-refractivity contribution in [2.75, 3.05) is 13.7 Å². The number of aliphatic imine (C=N–C) groups is 1. The van der Waals surface area contributed by atoms with E-state index >= 15 is 0 Å². The van der Waals surface area contributed by atoms with Gasteiger partial charge in [-0.2, -0.15) is 0 Å². The van der Waals surface area contributed by atoms with Crippen LogP contribution in [0.1, 0.15) is 23.6 Å². The van der Waals surface area contributed by atoms with E-state index in [-0.39, 0.29) is 24.0 Å². The summed E-state index contributed by atoms with van der Waals surface area (Å²) in [6.45, 7) is 2.33. The van der Waals surface area contributed by atoms with Gasteiger partial charge in [-0.1, -0.05) is 30.3 Å². The summed E-state index contributed by atoms with van der Waals surface area (Å²) in [5, 5.41) is 0. The molecule has 0 amide bonds. The summed E-state index contributed by atoms with van der Waals surface area (Å²) in [6, 6.07) is 18.8. The van der Waals surface area contributed by atoms with E-state index in [0.29, 0.717) is 40.5 Å². The summed E-state index contributed by atoms with van der Waals surface area (Å²) in [4.78, 5) is 16.7. The van der Waals surface area contributed by atoms with Crippen LogP contribution in [0.3, 0.4) is 0 Å². The van der Waals surface area contributed by atoms with Crippen LogP contribution in [0.5, 0.6) is 17.2 Å². The average Bonchev–Trinajstić information content (AvgIpc) is 3.20. The molecule has 1 heterocycles. The Kier molecular flexibility index (Phi) is 6.69. The van der Waals surface area contributed by atoms with Crippen molar-refractivity contribution in [2.24, 2.45) is 4.99 Å². The molecule has 0 aliphatic carbocycles. The predicted molar refractivity (Wildman–Crippen MR) is 122 cm³/mol. The van der Waals surface area contributed by atoms with Crippen molar-refractivity contribution in [3.05, 3.63) is 94.9 Å². The summed E-state index contributed by atoms with van der Waals surface area (Å²) >= 11 is 0. The second-order valence-electron chi connectivity index (χ2n) is 7.09. The monoisotopic (exact) mass is 447 g/mol. The van der Waals surface area contributed by atoms with Crippen molar-refractivity contribution in [1.82, 2.24) is 0 Å². The summed E-state index contributed by atoms with van der Waals surface area (Å²) in [6.07, 6.45) is 1.61. The highest BCUT2D eigenvalue weighted by Crippen LogP contribution is 2.31. The maximum absolute atomic E-state index is 13.9. The van der Waals surface area contributed by atoms with Crippen LogP contribution in [0.15, 0.2) is 77.4 Å². The van der Waals surface area contributed by atoms with E-state index in [2.05, 4.69) is 4.99 Å². The molecule has 0 radical (unpaired) electrons. The van der Waals surface area contributed by atoms with Crippen LogP contribution in [-0.2, 0) is 16.1 Å². The van der Waals surface area contributed by atoms with Crippen LogP contribution in [0.4, 0.5) is 4.39 Å². The Hall–Kier alpha value is -4.13. The number of rotatable bonds is 8. The lowest BCUT2D eigenvalue weighted by Crippen LogP contribution is -2.05. The summed E-state index contributed by atoms with van der Waals surface area (Å²) in [5.41, 5.74) is 1.92. The van der Waals surface area contributed by atoms with Gasteiger partial charge in [-0.05, 0) is 55.0 Å². The number of ether oxygens (including phenoxy) is 4. The van der Waals surface area contributed by atoms with Crippen molar-refractivity contribution in [1.29, 1.82) is 0 Å².